The molecule has 2 aliphatic carbocycles. The van der Waals surface area contributed by atoms with Gasteiger partial charge in [0.15, 0.2) is 16.6 Å². The Labute approximate surface area is 423 Å². The summed E-state index contributed by atoms with van der Waals surface area (Å²) in [5, 5.41) is 0.318. The Morgan fingerprint density at radius 3 is 0.866 bits per heavy atom. The molecule has 0 aliphatic heterocycles. The number of ether oxygens (including phenoxy) is 9. The van der Waals surface area contributed by atoms with Gasteiger partial charge in [-0.2, -0.15) is 0 Å². The van der Waals surface area contributed by atoms with Crippen LogP contribution in [-0.4, -0.2) is 148 Å². The third-order valence-corrected chi connectivity index (χ3v) is 20.0. The SMILES string of the molecule is C.C.C.C.C.C.C.C.C.C.CC(C)(C)[Si](C)(C)OCCOCC(COCCO[Si](C)(C)C(C)(C)C)OCCOCCOC(COCCOCCC1C=CC=C1)COCCOCCC1C=CC=C1. The van der Waals surface area contributed by atoms with E-state index in [0.717, 1.165) is 12.8 Å². The van der Waals surface area contributed by atoms with Gasteiger partial charge in [0.2, 0.25) is 0 Å². The zero-order valence-electron chi connectivity index (χ0n) is 37.6. The van der Waals surface area contributed by atoms with Crippen molar-refractivity contribution in [2.24, 2.45) is 11.8 Å². The molecule has 0 amide bonds. The summed E-state index contributed by atoms with van der Waals surface area (Å²) < 4.78 is 66.1. The lowest BCUT2D eigenvalue weighted by Gasteiger charge is -2.36. The second-order valence-corrected chi connectivity index (χ2v) is 27.4. The molecule has 2 aliphatic rings. The van der Waals surface area contributed by atoms with E-state index < -0.39 is 16.6 Å². The van der Waals surface area contributed by atoms with Crippen molar-refractivity contribution < 1.29 is 51.5 Å². The van der Waals surface area contributed by atoms with Gasteiger partial charge >= 0.3 is 0 Å². The maximum Gasteiger partial charge on any atom is 0.192 e. The maximum atomic E-state index is 6.28. The first-order valence-corrected chi connectivity index (χ1v) is 27.2. The molecule has 0 saturated heterocycles. The van der Waals surface area contributed by atoms with E-state index in [9.17, 15) is 0 Å². The van der Waals surface area contributed by atoms with Crippen molar-refractivity contribution in [2.45, 2.75) is 177 Å². The molecule has 2 rings (SSSR count). The van der Waals surface area contributed by atoms with Crippen LogP contribution in [0.2, 0.25) is 36.3 Å². The third kappa shape index (κ3) is 41.3. The predicted molar refractivity (Wildman–Crippen MR) is 302 cm³/mol. The molecule has 0 unspecified atom stereocenters. The molecule has 412 valence electrons. The Hall–Kier alpha value is -1.05. The summed E-state index contributed by atoms with van der Waals surface area (Å²) >= 11 is 0. The van der Waals surface area contributed by atoms with Crippen LogP contribution < -0.4 is 0 Å². The molecule has 0 aromatic rings. The summed E-state index contributed by atoms with van der Waals surface area (Å²) in [6.45, 7) is 31.4. The van der Waals surface area contributed by atoms with Crippen LogP contribution >= 0.6 is 0 Å². The zero-order valence-corrected chi connectivity index (χ0v) is 39.6. The van der Waals surface area contributed by atoms with Gasteiger partial charge in [-0.15, -0.1) is 0 Å². The van der Waals surface area contributed by atoms with Crippen LogP contribution in [0.5, 0.6) is 0 Å². The summed E-state index contributed by atoms with van der Waals surface area (Å²) in [5.41, 5.74) is 0. The lowest BCUT2D eigenvalue weighted by Crippen LogP contribution is -2.42. The lowest BCUT2D eigenvalue weighted by molar-refractivity contribution is -0.0945. The zero-order chi connectivity index (χ0) is 41.9. The molecule has 0 spiro atoms. The highest BCUT2D eigenvalue weighted by molar-refractivity contribution is 6.74. The van der Waals surface area contributed by atoms with E-state index in [1.54, 1.807) is 0 Å². The number of hydrogen-bond donors (Lipinski definition) is 0. The molecule has 0 atom stereocenters. The van der Waals surface area contributed by atoms with Gasteiger partial charge in [-0.1, -0.05) is 164 Å². The topological polar surface area (TPSA) is 102 Å². The minimum Gasteiger partial charge on any atom is -0.414 e. The Morgan fingerprint density at radius 2 is 0.582 bits per heavy atom. The van der Waals surface area contributed by atoms with Gasteiger partial charge in [0, 0.05) is 13.2 Å². The van der Waals surface area contributed by atoms with E-state index in [0.29, 0.717) is 131 Å². The molecule has 0 N–H and O–H groups in total. The molecule has 13 heteroatoms. The van der Waals surface area contributed by atoms with E-state index in [1.807, 2.05) is 0 Å². The van der Waals surface area contributed by atoms with E-state index in [1.165, 1.54) is 0 Å². The largest absolute Gasteiger partial charge is 0.414 e. The fourth-order valence-corrected chi connectivity index (χ4v) is 7.21. The van der Waals surface area contributed by atoms with Crippen molar-refractivity contribution in [1.29, 1.82) is 0 Å². The lowest BCUT2D eigenvalue weighted by atomic mass is 10.1. The number of allylic oxidation sites excluding steroid dienone is 8. The van der Waals surface area contributed by atoms with Crippen LogP contribution in [0.25, 0.3) is 0 Å². The number of hydrogen-bond acceptors (Lipinski definition) is 11. The smallest absolute Gasteiger partial charge is 0.192 e. The van der Waals surface area contributed by atoms with Gasteiger partial charge in [-0.05, 0) is 60.9 Å². The number of rotatable bonds is 36. The average molecular weight is 1000 g/mol. The van der Waals surface area contributed by atoms with Gasteiger partial charge in [-0.25, -0.2) is 0 Å². The Morgan fingerprint density at radius 1 is 0.343 bits per heavy atom. The van der Waals surface area contributed by atoms with Crippen LogP contribution in [0.15, 0.2) is 48.6 Å². The summed E-state index contributed by atoms with van der Waals surface area (Å²) in [7, 11) is -3.65. The molecule has 0 radical (unpaired) electrons. The second kappa shape index (κ2) is 48.6. The molecule has 0 bridgehead atoms. The standard InChI is InChI=1S/C44H82O11Si2.10CH4/c1-43(2,3)56(7,8)54-33-29-50-37-42(38-51-30-34-55-57(9,10)44(4,5)6)53-32-28-47-27-31-52-41(35-48-25-23-45-21-19-39-15-11-12-16-39)36-49-26-24-46-22-20-40-17-13-14-18-40;;;;;;;;;;/h11-18,39-42H,19-38H2,1-10H3;10*1H4. The highest BCUT2D eigenvalue weighted by Gasteiger charge is 2.37. The van der Waals surface area contributed by atoms with Gasteiger partial charge in [0.05, 0.1) is 106 Å². The van der Waals surface area contributed by atoms with Crippen molar-refractivity contribution in [3.63, 3.8) is 0 Å². The van der Waals surface area contributed by atoms with E-state index in [4.69, 9.17) is 51.5 Å². The fraction of sp³-hybridized carbons (Fsp3) is 0.852. The van der Waals surface area contributed by atoms with Crippen molar-refractivity contribution >= 4 is 16.6 Å². The molecule has 11 nitrogen and oxygen atoms in total. The van der Waals surface area contributed by atoms with Crippen molar-refractivity contribution in [1.82, 2.24) is 0 Å². The Bertz CT molecular complexity index is 1030. The van der Waals surface area contributed by atoms with Gasteiger partial charge in [-0.3, -0.25) is 0 Å². The Balaban J connectivity index is -0.000000481. The van der Waals surface area contributed by atoms with Crippen molar-refractivity contribution in [2.75, 3.05) is 119 Å². The summed E-state index contributed by atoms with van der Waals surface area (Å²) in [6, 6.07) is 0. The highest BCUT2D eigenvalue weighted by Crippen LogP contribution is 2.37. The fourth-order valence-electron chi connectivity index (χ4n) is 5.16. The molecular weight excluding hydrogens is 881 g/mol. The first-order valence-electron chi connectivity index (χ1n) is 21.4. The quantitative estimate of drug-likeness (QED) is 0.0443. The normalized spacial score (nSPS) is 13.2. The van der Waals surface area contributed by atoms with Crippen molar-refractivity contribution in [3.05, 3.63) is 48.6 Å². The minimum atomic E-state index is -1.82. The third-order valence-electron chi connectivity index (χ3n) is 11.0. The van der Waals surface area contributed by atoms with Crippen LogP contribution in [0.1, 0.15) is 129 Å². The van der Waals surface area contributed by atoms with E-state index in [2.05, 4.69) is 116 Å². The monoisotopic (exact) mass is 1000 g/mol. The predicted octanol–water partition coefficient (Wildman–Crippen LogP) is 14.5. The summed E-state index contributed by atoms with van der Waals surface area (Å²) in [6.07, 6.45) is 18.6. The van der Waals surface area contributed by atoms with Crippen molar-refractivity contribution in [3.8, 4) is 0 Å². The van der Waals surface area contributed by atoms with Crippen LogP contribution in [0.4, 0.5) is 0 Å². The van der Waals surface area contributed by atoms with E-state index >= 15 is 0 Å². The van der Waals surface area contributed by atoms with Gasteiger partial charge in [0.1, 0.15) is 12.2 Å². The molecule has 0 heterocycles. The van der Waals surface area contributed by atoms with Gasteiger partial charge < -0.3 is 51.5 Å². The molecule has 0 aromatic heterocycles. The van der Waals surface area contributed by atoms with Crippen LogP contribution in [0, 0.1) is 11.8 Å². The average Bonchev–Trinajstić information content (AvgIpc) is 3.87. The van der Waals surface area contributed by atoms with Crippen LogP contribution in [-0.2, 0) is 51.5 Å². The second-order valence-electron chi connectivity index (χ2n) is 17.8. The first-order chi connectivity index (χ1) is 27.1. The maximum absolute atomic E-state index is 6.28. The summed E-state index contributed by atoms with van der Waals surface area (Å²) in [5.74, 6) is 0.954. The first kappa shape index (κ1) is 85.8. The van der Waals surface area contributed by atoms with Gasteiger partial charge in [0.25, 0.3) is 0 Å². The molecule has 0 fully saturated rings. The molecule has 0 aromatic carbocycles. The Kier molecular flexibility index (Phi) is 62.2. The molecular formula is C54H122O11Si2. The molecule has 0 saturated carbocycles. The van der Waals surface area contributed by atoms with E-state index in [-0.39, 0.29) is 96.6 Å². The molecule has 67 heavy (non-hydrogen) atoms. The van der Waals surface area contributed by atoms with Crippen LogP contribution in [0.3, 0.4) is 0 Å². The highest BCUT2D eigenvalue weighted by atomic mass is 28.4. The minimum absolute atomic E-state index is 0. The summed E-state index contributed by atoms with van der Waals surface area (Å²) in [4.78, 5) is 0.